The normalized spacial score (nSPS) is 11.2. The Morgan fingerprint density at radius 3 is 2.21 bits per heavy atom. The lowest BCUT2D eigenvalue weighted by Gasteiger charge is -2.05. The average molecular weight is 318 g/mol. The van der Waals surface area contributed by atoms with Crippen LogP contribution in [-0.2, 0) is 0 Å². The highest BCUT2D eigenvalue weighted by Gasteiger charge is 2.01. The van der Waals surface area contributed by atoms with Gasteiger partial charge in [0.25, 0.3) is 0 Å². The Morgan fingerprint density at radius 1 is 0.917 bits per heavy atom. The number of hydrazone groups is 1. The highest BCUT2D eigenvalue weighted by Crippen LogP contribution is 2.17. The standard InChI is InChI=1S/C19H18N4O/c1-14(15-8-10-18(24-2)11-9-15)22-23-19-20-12-17(13-21-19)16-6-4-3-5-7-16/h3-13H,1-2H3,(H,20,21,23). The molecular formula is C19H18N4O. The van der Waals surface area contributed by atoms with Crippen LogP contribution in [0.5, 0.6) is 5.75 Å². The molecule has 5 nitrogen and oxygen atoms in total. The van der Waals surface area contributed by atoms with Gasteiger partial charge in [-0.15, -0.1) is 0 Å². The Hall–Kier alpha value is -3.21. The number of methoxy groups -OCH3 is 1. The summed E-state index contributed by atoms with van der Waals surface area (Å²) in [5.41, 5.74) is 6.78. The first-order valence-corrected chi connectivity index (χ1v) is 7.58. The van der Waals surface area contributed by atoms with E-state index in [2.05, 4.69) is 20.5 Å². The van der Waals surface area contributed by atoms with Crippen molar-refractivity contribution >= 4 is 11.7 Å². The van der Waals surface area contributed by atoms with Gasteiger partial charge in [0, 0.05) is 18.0 Å². The maximum Gasteiger partial charge on any atom is 0.243 e. The van der Waals surface area contributed by atoms with Gasteiger partial charge in [0.1, 0.15) is 5.75 Å². The number of nitrogens with zero attached hydrogens (tertiary/aromatic N) is 3. The van der Waals surface area contributed by atoms with Crippen LogP contribution in [0.25, 0.3) is 11.1 Å². The molecule has 1 N–H and O–H groups in total. The van der Waals surface area contributed by atoms with Gasteiger partial charge in [0.2, 0.25) is 5.95 Å². The number of hydrogen-bond acceptors (Lipinski definition) is 5. The van der Waals surface area contributed by atoms with E-state index in [1.54, 1.807) is 19.5 Å². The predicted molar refractivity (Wildman–Crippen MR) is 96.3 cm³/mol. The molecule has 0 aliphatic rings. The second-order valence-electron chi connectivity index (χ2n) is 5.20. The van der Waals surface area contributed by atoms with Crippen LogP contribution >= 0.6 is 0 Å². The van der Waals surface area contributed by atoms with Gasteiger partial charge in [-0.25, -0.2) is 15.4 Å². The zero-order valence-corrected chi connectivity index (χ0v) is 13.6. The van der Waals surface area contributed by atoms with E-state index in [1.165, 1.54) is 0 Å². The molecule has 2 aromatic carbocycles. The van der Waals surface area contributed by atoms with Crippen molar-refractivity contribution in [1.29, 1.82) is 0 Å². The fraction of sp³-hybridized carbons (Fsp3) is 0.105. The van der Waals surface area contributed by atoms with Crippen LogP contribution in [0.2, 0.25) is 0 Å². The van der Waals surface area contributed by atoms with Crippen LogP contribution in [0.4, 0.5) is 5.95 Å². The molecule has 1 aromatic heterocycles. The van der Waals surface area contributed by atoms with Crippen molar-refractivity contribution in [3.05, 3.63) is 72.6 Å². The quantitative estimate of drug-likeness (QED) is 0.571. The molecule has 120 valence electrons. The Balaban J connectivity index is 1.69. The molecular weight excluding hydrogens is 300 g/mol. The highest BCUT2D eigenvalue weighted by atomic mass is 16.5. The van der Waals surface area contributed by atoms with Crippen molar-refractivity contribution in [2.24, 2.45) is 5.10 Å². The third-order valence-corrected chi connectivity index (χ3v) is 3.59. The van der Waals surface area contributed by atoms with Crippen molar-refractivity contribution in [2.75, 3.05) is 12.5 Å². The van der Waals surface area contributed by atoms with Crippen molar-refractivity contribution in [3.8, 4) is 16.9 Å². The molecule has 0 unspecified atom stereocenters. The first-order chi connectivity index (χ1) is 11.8. The highest BCUT2D eigenvalue weighted by molar-refractivity contribution is 5.99. The van der Waals surface area contributed by atoms with Gasteiger partial charge in [0.15, 0.2) is 0 Å². The van der Waals surface area contributed by atoms with Gasteiger partial charge in [0.05, 0.1) is 12.8 Å². The van der Waals surface area contributed by atoms with E-state index < -0.39 is 0 Å². The van der Waals surface area contributed by atoms with E-state index in [0.29, 0.717) is 5.95 Å². The van der Waals surface area contributed by atoms with E-state index in [-0.39, 0.29) is 0 Å². The summed E-state index contributed by atoms with van der Waals surface area (Å²) < 4.78 is 5.15. The van der Waals surface area contributed by atoms with Gasteiger partial charge >= 0.3 is 0 Å². The zero-order valence-electron chi connectivity index (χ0n) is 13.6. The van der Waals surface area contributed by atoms with Crippen LogP contribution in [0, 0.1) is 0 Å². The molecule has 0 saturated heterocycles. The number of aromatic nitrogens is 2. The summed E-state index contributed by atoms with van der Waals surface area (Å²) in [6.07, 6.45) is 3.56. The average Bonchev–Trinajstić information content (AvgIpc) is 2.67. The van der Waals surface area contributed by atoms with E-state index in [1.807, 2.05) is 61.5 Å². The number of benzene rings is 2. The van der Waals surface area contributed by atoms with Gasteiger partial charge in [-0.05, 0) is 42.3 Å². The molecule has 0 atom stereocenters. The minimum absolute atomic E-state index is 0.461. The van der Waals surface area contributed by atoms with Crippen molar-refractivity contribution in [2.45, 2.75) is 6.92 Å². The Morgan fingerprint density at radius 2 is 1.58 bits per heavy atom. The van der Waals surface area contributed by atoms with E-state index >= 15 is 0 Å². The number of anilines is 1. The second kappa shape index (κ2) is 7.37. The molecule has 3 aromatic rings. The molecule has 0 saturated carbocycles. The molecule has 0 aliphatic heterocycles. The summed E-state index contributed by atoms with van der Waals surface area (Å²) in [6.45, 7) is 1.92. The zero-order chi connectivity index (χ0) is 16.8. The first kappa shape index (κ1) is 15.7. The van der Waals surface area contributed by atoms with Crippen molar-refractivity contribution in [1.82, 2.24) is 9.97 Å². The van der Waals surface area contributed by atoms with Gasteiger partial charge in [-0.2, -0.15) is 5.10 Å². The number of hydrogen-bond donors (Lipinski definition) is 1. The van der Waals surface area contributed by atoms with Gasteiger partial charge in [-0.3, -0.25) is 0 Å². The molecule has 1 heterocycles. The number of ether oxygens (including phenoxy) is 1. The fourth-order valence-corrected chi connectivity index (χ4v) is 2.20. The maximum absolute atomic E-state index is 5.15. The lowest BCUT2D eigenvalue weighted by molar-refractivity contribution is 0.415. The van der Waals surface area contributed by atoms with Gasteiger partial charge < -0.3 is 4.74 Å². The molecule has 3 rings (SSSR count). The van der Waals surface area contributed by atoms with E-state index in [4.69, 9.17) is 4.74 Å². The second-order valence-corrected chi connectivity index (χ2v) is 5.20. The third-order valence-electron chi connectivity index (χ3n) is 3.59. The molecule has 0 spiro atoms. The van der Waals surface area contributed by atoms with Crippen LogP contribution in [0.3, 0.4) is 0 Å². The predicted octanol–water partition coefficient (Wildman–Crippen LogP) is 3.99. The molecule has 0 radical (unpaired) electrons. The van der Waals surface area contributed by atoms with E-state index in [9.17, 15) is 0 Å². The molecule has 0 bridgehead atoms. The van der Waals surface area contributed by atoms with Gasteiger partial charge in [-0.1, -0.05) is 30.3 Å². The minimum atomic E-state index is 0.461. The monoisotopic (exact) mass is 318 g/mol. The SMILES string of the molecule is COc1ccc(C(C)=NNc2ncc(-c3ccccc3)cn2)cc1. The summed E-state index contributed by atoms with van der Waals surface area (Å²) in [4.78, 5) is 8.60. The van der Waals surface area contributed by atoms with Crippen molar-refractivity contribution in [3.63, 3.8) is 0 Å². The maximum atomic E-state index is 5.15. The molecule has 0 amide bonds. The Kier molecular flexibility index (Phi) is 4.81. The number of nitrogens with one attached hydrogen (secondary N) is 1. The summed E-state index contributed by atoms with van der Waals surface area (Å²) >= 11 is 0. The Bertz CT molecular complexity index is 812. The Labute approximate surface area is 141 Å². The third kappa shape index (κ3) is 3.76. The summed E-state index contributed by atoms with van der Waals surface area (Å²) in [5.74, 6) is 1.28. The lowest BCUT2D eigenvalue weighted by atomic mass is 10.1. The minimum Gasteiger partial charge on any atom is -0.497 e. The van der Waals surface area contributed by atoms with Crippen LogP contribution in [0.1, 0.15) is 12.5 Å². The van der Waals surface area contributed by atoms with Crippen LogP contribution in [-0.4, -0.2) is 22.8 Å². The summed E-state index contributed by atoms with van der Waals surface area (Å²) in [6, 6.07) is 17.7. The van der Waals surface area contributed by atoms with E-state index in [0.717, 1.165) is 28.2 Å². The molecule has 24 heavy (non-hydrogen) atoms. The smallest absolute Gasteiger partial charge is 0.243 e. The first-order valence-electron chi connectivity index (χ1n) is 7.58. The summed E-state index contributed by atoms with van der Waals surface area (Å²) in [7, 11) is 1.65. The lowest BCUT2D eigenvalue weighted by Crippen LogP contribution is -2.02. The number of rotatable bonds is 5. The summed E-state index contributed by atoms with van der Waals surface area (Å²) in [5, 5.41) is 4.32. The molecule has 0 aliphatic carbocycles. The van der Waals surface area contributed by atoms with Crippen LogP contribution in [0.15, 0.2) is 72.1 Å². The largest absolute Gasteiger partial charge is 0.497 e. The molecule has 0 fully saturated rings. The molecule has 5 heteroatoms. The van der Waals surface area contributed by atoms with Crippen LogP contribution < -0.4 is 10.2 Å². The topological polar surface area (TPSA) is 59.4 Å². The fourth-order valence-electron chi connectivity index (χ4n) is 2.20. The van der Waals surface area contributed by atoms with Crippen molar-refractivity contribution < 1.29 is 4.74 Å².